The molecule has 1 saturated carbocycles. The van der Waals surface area contributed by atoms with E-state index in [4.69, 9.17) is 5.73 Å². The Morgan fingerprint density at radius 1 is 1.33 bits per heavy atom. The maximum atomic E-state index is 6.10. The van der Waals surface area contributed by atoms with E-state index in [9.17, 15) is 0 Å². The van der Waals surface area contributed by atoms with Crippen molar-refractivity contribution in [3.8, 4) is 0 Å². The molecule has 1 saturated heterocycles. The standard InChI is InChI=1S/C10H20N2/c1-7(2)12-6-10(11)8-3-4-9(12)5-8/h7-10H,3-6,11H2,1-2H3. The summed E-state index contributed by atoms with van der Waals surface area (Å²) in [5, 5.41) is 0. The molecule has 0 aromatic heterocycles. The van der Waals surface area contributed by atoms with Crippen LogP contribution in [-0.4, -0.2) is 29.6 Å². The molecule has 1 aliphatic carbocycles. The quantitative estimate of drug-likeness (QED) is 0.637. The normalized spacial score (nSPS) is 42.5. The minimum absolute atomic E-state index is 0.450. The molecular weight excluding hydrogens is 148 g/mol. The van der Waals surface area contributed by atoms with Gasteiger partial charge in [0.05, 0.1) is 0 Å². The van der Waals surface area contributed by atoms with Gasteiger partial charge >= 0.3 is 0 Å². The van der Waals surface area contributed by atoms with Crippen LogP contribution >= 0.6 is 0 Å². The number of hydrogen-bond donors (Lipinski definition) is 1. The summed E-state index contributed by atoms with van der Waals surface area (Å²) in [6.45, 7) is 5.70. The third-order valence-corrected chi connectivity index (χ3v) is 3.60. The van der Waals surface area contributed by atoms with Crippen molar-refractivity contribution < 1.29 is 0 Å². The second-order valence-corrected chi connectivity index (χ2v) is 4.68. The largest absolute Gasteiger partial charge is 0.326 e. The molecule has 2 bridgehead atoms. The van der Waals surface area contributed by atoms with Gasteiger partial charge < -0.3 is 5.73 Å². The zero-order valence-electron chi connectivity index (χ0n) is 8.16. The van der Waals surface area contributed by atoms with Crippen LogP contribution in [0.1, 0.15) is 33.1 Å². The van der Waals surface area contributed by atoms with E-state index < -0.39 is 0 Å². The Labute approximate surface area is 75.1 Å². The molecule has 70 valence electrons. The second-order valence-electron chi connectivity index (χ2n) is 4.68. The topological polar surface area (TPSA) is 29.3 Å². The zero-order valence-corrected chi connectivity index (χ0v) is 8.16. The molecule has 2 fully saturated rings. The lowest BCUT2D eigenvalue weighted by molar-refractivity contribution is 0.105. The molecule has 0 spiro atoms. The molecule has 0 radical (unpaired) electrons. The summed E-state index contributed by atoms with van der Waals surface area (Å²) >= 11 is 0. The van der Waals surface area contributed by atoms with Gasteiger partial charge in [-0.25, -0.2) is 0 Å². The van der Waals surface area contributed by atoms with Crippen LogP contribution in [0.25, 0.3) is 0 Å². The van der Waals surface area contributed by atoms with Gasteiger partial charge in [0.2, 0.25) is 0 Å². The summed E-state index contributed by atoms with van der Waals surface area (Å²) in [6, 6.07) is 1.99. The van der Waals surface area contributed by atoms with Crippen LogP contribution in [0, 0.1) is 5.92 Å². The first-order chi connectivity index (χ1) is 5.68. The van der Waals surface area contributed by atoms with Gasteiger partial charge in [0.15, 0.2) is 0 Å². The van der Waals surface area contributed by atoms with Crippen LogP contribution < -0.4 is 5.73 Å². The van der Waals surface area contributed by atoms with Crippen LogP contribution in [0.4, 0.5) is 0 Å². The lowest BCUT2D eigenvalue weighted by Crippen LogP contribution is -2.51. The predicted octanol–water partition coefficient (Wildman–Crippen LogP) is 1.21. The third-order valence-electron chi connectivity index (χ3n) is 3.60. The van der Waals surface area contributed by atoms with Crippen molar-refractivity contribution in [2.24, 2.45) is 11.7 Å². The first-order valence-corrected chi connectivity index (χ1v) is 5.20. The van der Waals surface area contributed by atoms with Gasteiger partial charge in [-0.3, -0.25) is 4.90 Å². The van der Waals surface area contributed by atoms with Crippen molar-refractivity contribution in [3.63, 3.8) is 0 Å². The highest BCUT2D eigenvalue weighted by atomic mass is 15.2. The van der Waals surface area contributed by atoms with Crippen LogP contribution in [0.5, 0.6) is 0 Å². The van der Waals surface area contributed by atoms with E-state index in [-0.39, 0.29) is 0 Å². The monoisotopic (exact) mass is 168 g/mol. The highest BCUT2D eigenvalue weighted by Crippen LogP contribution is 2.36. The smallest absolute Gasteiger partial charge is 0.0197 e. The molecule has 1 aliphatic heterocycles. The second kappa shape index (κ2) is 3.00. The fourth-order valence-electron chi connectivity index (χ4n) is 2.86. The number of rotatable bonds is 1. The fraction of sp³-hybridized carbons (Fsp3) is 1.00. The number of fused-ring (bicyclic) bond motifs is 2. The van der Waals surface area contributed by atoms with Crippen LogP contribution in [0.3, 0.4) is 0 Å². The number of likely N-dealkylation sites (tertiary alicyclic amines) is 1. The van der Waals surface area contributed by atoms with Crippen molar-refractivity contribution in [1.82, 2.24) is 4.90 Å². The first kappa shape index (κ1) is 8.52. The average Bonchev–Trinajstić information content (AvgIpc) is 2.42. The van der Waals surface area contributed by atoms with E-state index in [0.29, 0.717) is 12.1 Å². The molecule has 0 aromatic rings. The van der Waals surface area contributed by atoms with Crippen LogP contribution in [0.15, 0.2) is 0 Å². The van der Waals surface area contributed by atoms with Crippen LogP contribution in [-0.2, 0) is 0 Å². The maximum Gasteiger partial charge on any atom is 0.0197 e. The molecule has 2 heteroatoms. The van der Waals surface area contributed by atoms with E-state index in [2.05, 4.69) is 18.7 Å². The van der Waals surface area contributed by atoms with Gasteiger partial charge in [-0.05, 0) is 39.0 Å². The van der Waals surface area contributed by atoms with E-state index in [0.717, 1.165) is 18.5 Å². The highest BCUT2D eigenvalue weighted by Gasteiger charge is 2.39. The lowest BCUT2D eigenvalue weighted by Gasteiger charge is -2.39. The van der Waals surface area contributed by atoms with Crippen LogP contribution in [0.2, 0.25) is 0 Å². The van der Waals surface area contributed by atoms with Crippen molar-refractivity contribution in [2.75, 3.05) is 6.54 Å². The Bertz CT molecular complexity index is 167. The number of nitrogens with zero attached hydrogens (tertiary/aromatic N) is 1. The summed E-state index contributed by atoms with van der Waals surface area (Å²) in [5.41, 5.74) is 6.10. The first-order valence-electron chi connectivity index (χ1n) is 5.20. The van der Waals surface area contributed by atoms with E-state index in [1.54, 1.807) is 0 Å². The van der Waals surface area contributed by atoms with Crippen molar-refractivity contribution >= 4 is 0 Å². The Morgan fingerprint density at radius 3 is 2.75 bits per heavy atom. The summed E-state index contributed by atoms with van der Waals surface area (Å²) < 4.78 is 0. The van der Waals surface area contributed by atoms with Crippen molar-refractivity contribution in [3.05, 3.63) is 0 Å². The third kappa shape index (κ3) is 1.27. The van der Waals surface area contributed by atoms with E-state index >= 15 is 0 Å². The van der Waals surface area contributed by atoms with Gasteiger partial charge in [-0.2, -0.15) is 0 Å². The lowest BCUT2D eigenvalue weighted by atomic mass is 9.93. The summed E-state index contributed by atoms with van der Waals surface area (Å²) in [5.74, 6) is 0.838. The summed E-state index contributed by atoms with van der Waals surface area (Å²) in [6.07, 6.45) is 4.12. The Hall–Kier alpha value is -0.0800. The number of piperidine rings is 1. The molecule has 3 unspecified atom stereocenters. The highest BCUT2D eigenvalue weighted by molar-refractivity contribution is 4.95. The minimum Gasteiger partial charge on any atom is -0.326 e. The molecule has 2 nitrogen and oxygen atoms in total. The molecule has 3 atom stereocenters. The van der Waals surface area contributed by atoms with E-state index in [1.165, 1.54) is 19.3 Å². The predicted molar refractivity (Wildman–Crippen MR) is 50.9 cm³/mol. The molecule has 1 heterocycles. The average molecular weight is 168 g/mol. The molecule has 0 amide bonds. The Balaban J connectivity index is 2.07. The molecular formula is C10H20N2. The molecule has 2 N–H and O–H groups in total. The molecule has 2 rings (SSSR count). The number of hydrogen-bond acceptors (Lipinski definition) is 2. The molecule has 2 aliphatic rings. The van der Waals surface area contributed by atoms with Crippen molar-refractivity contribution in [1.29, 1.82) is 0 Å². The van der Waals surface area contributed by atoms with Gasteiger partial charge in [-0.15, -0.1) is 0 Å². The summed E-state index contributed by atoms with van der Waals surface area (Å²) in [7, 11) is 0. The molecule has 12 heavy (non-hydrogen) atoms. The SMILES string of the molecule is CC(C)N1CC(N)C2CCC1C2. The van der Waals surface area contributed by atoms with Gasteiger partial charge in [0, 0.05) is 24.7 Å². The zero-order chi connectivity index (χ0) is 8.72. The van der Waals surface area contributed by atoms with Crippen molar-refractivity contribution in [2.45, 2.75) is 51.2 Å². The van der Waals surface area contributed by atoms with Gasteiger partial charge in [0.1, 0.15) is 0 Å². The Kier molecular flexibility index (Phi) is 2.13. The van der Waals surface area contributed by atoms with Gasteiger partial charge in [0.25, 0.3) is 0 Å². The number of nitrogens with two attached hydrogens (primary N) is 1. The summed E-state index contributed by atoms with van der Waals surface area (Å²) in [4.78, 5) is 2.59. The van der Waals surface area contributed by atoms with Gasteiger partial charge in [-0.1, -0.05) is 0 Å². The fourth-order valence-corrected chi connectivity index (χ4v) is 2.86. The Morgan fingerprint density at radius 2 is 2.08 bits per heavy atom. The maximum absolute atomic E-state index is 6.10. The minimum atomic E-state index is 0.450. The van der Waals surface area contributed by atoms with E-state index in [1.807, 2.05) is 0 Å². The molecule has 0 aromatic carbocycles.